The minimum Gasteiger partial charge on any atom is -0.480 e. The molecule has 1 amide bonds. The second kappa shape index (κ2) is 5.58. The van der Waals surface area contributed by atoms with E-state index in [2.05, 4.69) is 0 Å². The fourth-order valence-corrected chi connectivity index (χ4v) is 2.38. The van der Waals surface area contributed by atoms with Crippen molar-refractivity contribution in [3.8, 4) is 0 Å². The topological polar surface area (TPSA) is 57.6 Å². The van der Waals surface area contributed by atoms with Crippen molar-refractivity contribution in [2.45, 2.75) is 31.9 Å². The van der Waals surface area contributed by atoms with Crippen LogP contribution in [-0.4, -0.2) is 41.7 Å². The molecular weight excluding hydrogens is 251 g/mol. The standard InChI is InChI=1S/C11H16F3NO3/c1-15(6-9(16)17)10(18)7-4-2-3-5-8(7)11(12,13)14/h7-8H,2-6H2,1H3,(H,16,17). The Morgan fingerprint density at radius 2 is 1.83 bits per heavy atom. The van der Waals surface area contributed by atoms with E-state index in [4.69, 9.17) is 5.11 Å². The first kappa shape index (κ1) is 14.8. The van der Waals surface area contributed by atoms with Gasteiger partial charge in [0.25, 0.3) is 0 Å². The van der Waals surface area contributed by atoms with Crippen LogP contribution in [0.3, 0.4) is 0 Å². The molecule has 1 aliphatic carbocycles. The van der Waals surface area contributed by atoms with Crippen LogP contribution in [0.2, 0.25) is 0 Å². The van der Waals surface area contributed by atoms with Crippen molar-refractivity contribution in [2.24, 2.45) is 11.8 Å². The molecule has 7 heteroatoms. The van der Waals surface area contributed by atoms with Gasteiger partial charge in [0.05, 0.1) is 5.92 Å². The van der Waals surface area contributed by atoms with Gasteiger partial charge in [-0.1, -0.05) is 12.8 Å². The van der Waals surface area contributed by atoms with E-state index < -0.39 is 36.4 Å². The number of carboxylic acids is 1. The molecule has 0 radical (unpaired) electrons. The van der Waals surface area contributed by atoms with E-state index in [1.165, 1.54) is 7.05 Å². The molecule has 1 aliphatic rings. The number of aliphatic carboxylic acids is 1. The summed E-state index contributed by atoms with van der Waals surface area (Å²) in [7, 11) is 1.22. The third kappa shape index (κ3) is 3.61. The first-order chi connectivity index (χ1) is 8.23. The highest BCUT2D eigenvalue weighted by Gasteiger charge is 2.48. The van der Waals surface area contributed by atoms with Gasteiger partial charge >= 0.3 is 12.1 Å². The molecule has 0 heterocycles. The number of amides is 1. The predicted octanol–water partition coefficient (Wildman–Crippen LogP) is 1.90. The van der Waals surface area contributed by atoms with E-state index in [-0.39, 0.29) is 12.8 Å². The Hall–Kier alpha value is -1.27. The van der Waals surface area contributed by atoms with Gasteiger partial charge in [-0.05, 0) is 12.8 Å². The number of carboxylic acid groups (broad SMARTS) is 1. The molecule has 2 atom stereocenters. The maximum atomic E-state index is 12.8. The number of hydrogen-bond acceptors (Lipinski definition) is 2. The average molecular weight is 267 g/mol. The lowest BCUT2D eigenvalue weighted by Gasteiger charge is -2.34. The van der Waals surface area contributed by atoms with Crippen molar-refractivity contribution in [1.82, 2.24) is 4.90 Å². The molecule has 0 bridgehead atoms. The summed E-state index contributed by atoms with van der Waals surface area (Å²) in [5.41, 5.74) is 0. The Morgan fingerprint density at radius 3 is 2.33 bits per heavy atom. The Kier molecular flexibility index (Phi) is 4.59. The first-order valence-corrected chi connectivity index (χ1v) is 5.77. The molecule has 0 aromatic heterocycles. The number of rotatable bonds is 3. The number of alkyl halides is 3. The molecule has 0 aliphatic heterocycles. The summed E-state index contributed by atoms with van der Waals surface area (Å²) in [5.74, 6) is -4.73. The van der Waals surface area contributed by atoms with Crippen LogP contribution in [0.4, 0.5) is 13.2 Å². The molecule has 1 rings (SSSR count). The summed E-state index contributed by atoms with van der Waals surface area (Å²) in [6.07, 6.45) is -3.25. The number of carbonyl (C=O) groups is 2. The van der Waals surface area contributed by atoms with Gasteiger partial charge in [0.2, 0.25) is 5.91 Å². The van der Waals surface area contributed by atoms with Gasteiger partial charge in [0.15, 0.2) is 0 Å². The minimum atomic E-state index is -4.40. The largest absolute Gasteiger partial charge is 0.480 e. The van der Waals surface area contributed by atoms with Gasteiger partial charge in [0.1, 0.15) is 6.54 Å². The first-order valence-electron chi connectivity index (χ1n) is 5.77. The fraction of sp³-hybridized carbons (Fsp3) is 0.818. The summed E-state index contributed by atoms with van der Waals surface area (Å²) >= 11 is 0. The van der Waals surface area contributed by atoms with Gasteiger partial charge in [-0.25, -0.2) is 0 Å². The Balaban J connectivity index is 2.77. The van der Waals surface area contributed by atoms with E-state index in [9.17, 15) is 22.8 Å². The van der Waals surface area contributed by atoms with Crippen LogP contribution >= 0.6 is 0 Å². The van der Waals surface area contributed by atoms with Crippen molar-refractivity contribution in [3.63, 3.8) is 0 Å². The molecule has 18 heavy (non-hydrogen) atoms. The van der Waals surface area contributed by atoms with Crippen LogP contribution in [0, 0.1) is 11.8 Å². The molecule has 0 aromatic rings. The van der Waals surface area contributed by atoms with E-state index in [1.54, 1.807) is 0 Å². The lowest BCUT2D eigenvalue weighted by Crippen LogP contribution is -2.44. The molecular formula is C11H16F3NO3. The molecule has 4 nitrogen and oxygen atoms in total. The van der Waals surface area contributed by atoms with E-state index in [0.29, 0.717) is 12.8 Å². The van der Waals surface area contributed by atoms with Crippen LogP contribution < -0.4 is 0 Å². The second-order valence-corrected chi connectivity index (χ2v) is 4.63. The van der Waals surface area contributed by atoms with E-state index >= 15 is 0 Å². The molecule has 0 aromatic carbocycles. The number of halogens is 3. The molecule has 2 unspecified atom stereocenters. The number of carbonyl (C=O) groups excluding carboxylic acids is 1. The zero-order chi connectivity index (χ0) is 13.9. The highest BCUT2D eigenvalue weighted by Crippen LogP contribution is 2.42. The molecule has 104 valence electrons. The SMILES string of the molecule is CN(CC(=O)O)C(=O)C1CCCCC1C(F)(F)F. The summed E-state index contributed by atoms with van der Waals surface area (Å²) < 4.78 is 38.4. The molecule has 0 spiro atoms. The third-order valence-electron chi connectivity index (χ3n) is 3.25. The van der Waals surface area contributed by atoms with Crippen LogP contribution in [0.15, 0.2) is 0 Å². The van der Waals surface area contributed by atoms with Crippen molar-refractivity contribution < 1.29 is 27.9 Å². The van der Waals surface area contributed by atoms with Crippen LogP contribution in [-0.2, 0) is 9.59 Å². The molecule has 1 N–H and O–H groups in total. The van der Waals surface area contributed by atoms with Crippen molar-refractivity contribution in [1.29, 1.82) is 0 Å². The minimum absolute atomic E-state index is 0.0547. The highest BCUT2D eigenvalue weighted by molar-refractivity contribution is 5.83. The Bertz CT molecular complexity index is 330. The van der Waals surface area contributed by atoms with Crippen molar-refractivity contribution in [3.05, 3.63) is 0 Å². The molecule has 0 saturated heterocycles. The van der Waals surface area contributed by atoms with Crippen LogP contribution in [0.5, 0.6) is 0 Å². The van der Waals surface area contributed by atoms with Gasteiger partial charge in [-0.2, -0.15) is 13.2 Å². The monoisotopic (exact) mass is 267 g/mol. The van der Waals surface area contributed by atoms with Gasteiger partial charge in [-0.15, -0.1) is 0 Å². The zero-order valence-corrected chi connectivity index (χ0v) is 10.0. The molecule has 1 saturated carbocycles. The third-order valence-corrected chi connectivity index (χ3v) is 3.25. The quantitative estimate of drug-likeness (QED) is 0.849. The smallest absolute Gasteiger partial charge is 0.392 e. The highest BCUT2D eigenvalue weighted by atomic mass is 19.4. The van der Waals surface area contributed by atoms with E-state index in [0.717, 1.165) is 4.90 Å². The number of hydrogen-bond donors (Lipinski definition) is 1. The number of likely N-dealkylation sites (N-methyl/N-ethyl adjacent to an activating group) is 1. The maximum Gasteiger partial charge on any atom is 0.392 e. The average Bonchev–Trinajstić information content (AvgIpc) is 2.26. The normalized spacial score (nSPS) is 24.7. The van der Waals surface area contributed by atoms with Crippen LogP contribution in [0.25, 0.3) is 0 Å². The Morgan fingerprint density at radius 1 is 1.28 bits per heavy atom. The summed E-state index contributed by atoms with van der Waals surface area (Å²) in [5, 5.41) is 8.54. The second-order valence-electron chi connectivity index (χ2n) is 4.63. The lowest BCUT2D eigenvalue weighted by molar-refractivity contribution is -0.200. The fourth-order valence-electron chi connectivity index (χ4n) is 2.38. The van der Waals surface area contributed by atoms with Crippen LogP contribution in [0.1, 0.15) is 25.7 Å². The van der Waals surface area contributed by atoms with Gasteiger partial charge in [-0.3, -0.25) is 9.59 Å². The molecule has 1 fully saturated rings. The van der Waals surface area contributed by atoms with Crippen molar-refractivity contribution >= 4 is 11.9 Å². The predicted molar refractivity (Wildman–Crippen MR) is 56.8 cm³/mol. The van der Waals surface area contributed by atoms with Crippen molar-refractivity contribution in [2.75, 3.05) is 13.6 Å². The summed E-state index contributed by atoms with van der Waals surface area (Å²) in [6, 6.07) is 0. The zero-order valence-electron chi connectivity index (χ0n) is 10.0. The lowest BCUT2D eigenvalue weighted by atomic mass is 9.78. The van der Waals surface area contributed by atoms with E-state index in [1.807, 2.05) is 0 Å². The summed E-state index contributed by atoms with van der Waals surface area (Å²) in [6.45, 7) is -0.570. The van der Waals surface area contributed by atoms with Gasteiger partial charge < -0.3 is 10.0 Å². The van der Waals surface area contributed by atoms with Gasteiger partial charge in [0, 0.05) is 13.0 Å². The number of nitrogens with zero attached hydrogens (tertiary/aromatic N) is 1. The summed E-state index contributed by atoms with van der Waals surface area (Å²) in [4.78, 5) is 23.2. The Labute approximate surface area is 103 Å². The maximum absolute atomic E-state index is 12.8.